The van der Waals surface area contributed by atoms with Crippen LogP contribution in [0.25, 0.3) is 0 Å². The molecule has 0 aliphatic carbocycles. The maximum absolute atomic E-state index is 12.8. The van der Waals surface area contributed by atoms with Crippen LogP contribution in [-0.4, -0.2) is 10.9 Å². The highest BCUT2D eigenvalue weighted by atomic mass is 35.5. The van der Waals surface area contributed by atoms with Crippen LogP contribution in [0.15, 0.2) is 34.7 Å². The van der Waals surface area contributed by atoms with E-state index in [0.717, 1.165) is 18.2 Å². The molecule has 0 amide bonds. The average Bonchev–Trinajstić information content (AvgIpc) is 2.87. The number of ether oxygens (including phenoxy) is 1. The summed E-state index contributed by atoms with van der Waals surface area (Å²) in [5.41, 5.74) is 0.405. The van der Waals surface area contributed by atoms with Crippen molar-refractivity contribution in [2.24, 2.45) is 0 Å². The van der Waals surface area contributed by atoms with Crippen molar-refractivity contribution in [2.45, 2.75) is 6.61 Å². The van der Waals surface area contributed by atoms with Crippen LogP contribution in [0.5, 0.6) is 0 Å². The third kappa shape index (κ3) is 3.12. The van der Waals surface area contributed by atoms with Crippen molar-refractivity contribution in [3.05, 3.63) is 62.6 Å². The minimum absolute atomic E-state index is 0.114. The lowest BCUT2D eigenvalue weighted by molar-refractivity contribution is -0.402. The second-order valence-corrected chi connectivity index (χ2v) is 4.11. The molecular weight excluding hydrogens is 293 g/mol. The van der Waals surface area contributed by atoms with Gasteiger partial charge in [-0.05, 0) is 18.2 Å². The number of carbonyl (C=O) groups excluding carboxylic acids is 1. The van der Waals surface area contributed by atoms with Crippen molar-refractivity contribution in [2.75, 3.05) is 0 Å². The van der Waals surface area contributed by atoms with E-state index in [0.29, 0.717) is 5.56 Å². The van der Waals surface area contributed by atoms with Crippen LogP contribution < -0.4 is 0 Å². The second-order valence-electron chi connectivity index (χ2n) is 3.71. The first-order valence-electron chi connectivity index (χ1n) is 5.32. The van der Waals surface area contributed by atoms with Gasteiger partial charge in [0.15, 0.2) is 0 Å². The molecule has 0 saturated heterocycles. The molecule has 6 nitrogen and oxygen atoms in total. The summed E-state index contributed by atoms with van der Waals surface area (Å²) in [5.74, 6) is -2.24. The number of halogens is 2. The van der Waals surface area contributed by atoms with Gasteiger partial charge in [-0.1, -0.05) is 17.7 Å². The van der Waals surface area contributed by atoms with Crippen molar-refractivity contribution in [3.8, 4) is 0 Å². The summed E-state index contributed by atoms with van der Waals surface area (Å²) in [6.45, 7) is -0.202. The Morgan fingerprint density at radius 1 is 1.40 bits per heavy atom. The Balaban J connectivity index is 2.02. The van der Waals surface area contributed by atoms with E-state index in [1.807, 2.05) is 0 Å². The summed E-state index contributed by atoms with van der Waals surface area (Å²) in [5, 5.41) is 10.5. The fourth-order valence-corrected chi connectivity index (χ4v) is 1.61. The summed E-state index contributed by atoms with van der Waals surface area (Å²) in [4.78, 5) is 21.2. The first kappa shape index (κ1) is 14.0. The van der Waals surface area contributed by atoms with E-state index in [4.69, 9.17) is 16.3 Å². The molecular formula is C12H7ClFNO5. The quantitative estimate of drug-likeness (QED) is 0.491. The average molecular weight is 300 g/mol. The van der Waals surface area contributed by atoms with E-state index in [9.17, 15) is 19.3 Å². The van der Waals surface area contributed by atoms with E-state index in [1.54, 1.807) is 0 Å². The molecule has 8 heteroatoms. The number of rotatable bonds is 4. The number of nitro groups is 1. The molecule has 1 aromatic heterocycles. The Labute approximate surface area is 116 Å². The molecule has 104 valence electrons. The molecule has 0 N–H and O–H groups in total. The molecule has 1 heterocycles. The van der Waals surface area contributed by atoms with Gasteiger partial charge in [-0.15, -0.1) is 0 Å². The SMILES string of the molecule is O=C(OCc1ccc(F)cc1Cl)c1ccc([N+](=O)[O-])o1. The Hall–Kier alpha value is -2.41. The number of benzene rings is 1. The third-order valence-electron chi connectivity index (χ3n) is 2.35. The lowest BCUT2D eigenvalue weighted by Crippen LogP contribution is -2.04. The molecule has 0 saturated carbocycles. The van der Waals surface area contributed by atoms with Crippen LogP contribution in [0.1, 0.15) is 16.1 Å². The van der Waals surface area contributed by atoms with Gasteiger partial charge in [0.1, 0.15) is 17.3 Å². The number of hydrogen-bond acceptors (Lipinski definition) is 5. The molecule has 0 aliphatic heterocycles. The van der Waals surface area contributed by atoms with Gasteiger partial charge in [-0.2, -0.15) is 0 Å². The van der Waals surface area contributed by atoms with Gasteiger partial charge in [0.25, 0.3) is 0 Å². The predicted octanol–water partition coefficient (Wildman–Crippen LogP) is 3.34. The van der Waals surface area contributed by atoms with Gasteiger partial charge < -0.3 is 9.15 Å². The summed E-state index contributed by atoms with van der Waals surface area (Å²) in [7, 11) is 0. The summed E-state index contributed by atoms with van der Waals surface area (Å²) in [6, 6.07) is 5.80. The molecule has 0 atom stereocenters. The molecule has 0 fully saturated rings. The Morgan fingerprint density at radius 3 is 2.75 bits per heavy atom. The lowest BCUT2D eigenvalue weighted by atomic mass is 10.2. The molecule has 1 aromatic carbocycles. The molecule has 0 unspecified atom stereocenters. The number of nitrogens with zero attached hydrogens (tertiary/aromatic N) is 1. The smallest absolute Gasteiger partial charge is 0.433 e. The normalized spacial score (nSPS) is 10.3. The lowest BCUT2D eigenvalue weighted by Gasteiger charge is -2.05. The zero-order valence-electron chi connectivity index (χ0n) is 9.84. The van der Waals surface area contributed by atoms with Crippen molar-refractivity contribution >= 4 is 23.5 Å². The van der Waals surface area contributed by atoms with Crippen molar-refractivity contribution in [1.29, 1.82) is 0 Å². The number of hydrogen-bond donors (Lipinski definition) is 0. The van der Waals surface area contributed by atoms with E-state index < -0.39 is 22.6 Å². The first-order valence-corrected chi connectivity index (χ1v) is 5.70. The standard InChI is InChI=1S/C12H7ClFNO5/c13-9-5-8(14)2-1-7(9)6-19-12(16)10-3-4-11(20-10)15(17)18/h1-5H,6H2. The minimum atomic E-state index is -0.876. The second kappa shape index (κ2) is 5.70. The van der Waals surface area contributed by atoms with E-state index in [-0.39, 0.29) is 17.4 Å². The maximum atomic E-state index is 12.8. The fraction of sp³-hybridized carbons (Fsp3) is 0.0833. The Kier molecular flexibility index (Phi) is 3.99. The van der Waals surface area contributed by atoms with Crippen LogP contribution in [0.3, 0.4) is 0 Å². The van der Waals surface area contributed by atoms with Gasteiger partial charge in [0, 0.05) is 5.56 Å². The van der Waals surface area contributed by atoms with Gasteiger partial charge >= 0.3 is 11.9 Å². The summed E-state index contributed by atoms with van der Waals surface area (Å²) >= 11 is 5.76. The summed E-state index contributed by atoms with van der Waals surface area (Å²) in [6.07, 6.45) is 0. The highest BCUT2D eigenvalue weighted by Crippen LogP contribution is 2.20. The van der Waals surface area contributed by atoms with Crippen molar-refractivity contribution in [1.82, 2.24) is 0 Å². The van der Waals surface area contributed by atoms with Gasteiger partial charge in [-0.3, -0.25) is 10.1 Å². The van der Waals surface area contributed by atoms with Crippen molar-refractivity contribution in [3.63, 3.8) is 0 Å². The molecule has 2 aromatic rings. The highest BCUT2D eigenvalue weighted by molar-refractivity contribution is 6.31. The Morgan fingerprint density at radius 2 is 2.15 bits per heavy atom. The number of esters is 1. The predicted molar refractivity (Wildman–Crippen MR) is 65.9 cm³/mol. The van der Waals surface area contributed by atoms with Crippen LogP contribution in [0, 0.1) is 15.9 Å². The van der Waals surface area contributed by atoms with Crippen molar-refractivity contribution < 1.29 is 23.3 Å². The zero-order valence-corrected chi connectivity index (χ0v) is 10.6. The van der Waals surface area contributed by atoms with Crippen LogP contribution in [-0.2, 0) is 11.3 Å². The topological polar surface area (TPSA) is 82.6 Å². The third-order valence-corrected chi connectivity index (χ3v) is 2.70. The van der Waals surface area contributed by atoms with Gasteiger partial charge in [0.05, 0.1) is 11.1 Å². The minimum Gasteiger partial charge on any atom is -0.455 e. The van der Waals surface area contributed by atoms with Crippen LogP contribution in [0.2, 0.25) is 5.02 Å². The fourth-order valence-electron chi connectivity index (χ4n) is 1.39. The largest absolute Gasteiger partial charge is 0.455 e. The molecule has 0 bridgehead atoms. The molecule has 2 rings (SSSR count). The molecule has 0 spiro atoms. The number of furan rings is 1. The van der Waals surface area contributed by atoms with E-state index in [1.165, 1.54) is 12.1 Å². The van der Waals surface area contributed by atoms with E-state index >= 15 is 0 Å². The Bertz CT molecular complexity index is 670. The van der Waals surface area contributed by atoms with Gasteiger partial charge in [-0.25, -0.2) is 9.18 Å². The van der Waals surface area contributed by atoms with E-state index in [2.05, 4.69) is 4.42 Å². The molecule has 0 radical (unpaired) electrons. The monoisotopic (exact) mass is 299 g/mol. The summed E-state index contributed by atoms with van der Waals surface area (Å²) < 4.78 is 22.4. The molecule has 0 aliphatic rings. The highest BCUT2D eigenvalue weighted by Gasteiger charge is 2.18. The van der Waals surface area contributed by atoms with Crippen LogP contribution >= 0.6 is 11.6 Å². The zero-order chi connectivity index (χ0) is 14.7. The number of carbonyl (C=O) groups is 1. The van der Waals surface area contributed by atoms with Gasteiger partial charge in [0.2, 0.25) is 5.76 Å². The maximum Gasteiger partial charge on any atom is 0.433 e. The van der Waals surface area contributed by atoms with Crippen LogP contribution in [0.4, 0.5) is 10.3 Å². The first-order chi connectivity index (χ1) is 9.47. The molecule has 20 heavy (non-hydrogen) atoms.